The summed E-state index contributed by atoms with van der Waals surface area (Å²) in [4.78, 5) is 35.6. The molecule has 0 aromatic carbocycles. The van der Waals surface area contributed by atoms with Gasteiger partial charge in [0.25, 0.3) is 10.7 Å². The number of aliphatic hydroxyl groups excluding tert-OH is 1. The Hall–Kier alpha value is -1.71. The standard InChI is InChI=1S/C11H12ClFN2O6/c1-5(17)20-8-6(4-16)21-9(11(8,12)13)15-3-2-7(18)14-10(15)19/h2-3,6,8-9,16H,4H2,1H3,(H,14,18,19)/t6-,8+,9+,11+/m0/s1. The third kappa shape index (κ3) is 2.85. The number of nitrogens with one attached hydrogen (secondary N) is 1. The monoisotopic (exact) mass is 322 g/mol. The molecule has 2 rings (SSSR count). The number of carbonyl (C=O) groups is 1. The first-order valence-corrected chi connectivity index (χ1v) is 6.28. The molecule has 4 atom stereocenters. The van der Waals surface area contributed by atoms with Gasteiger partial charge in [-0.05, 0) is 0 Å². The summed E-state index contributed by atoms with van der Waals surface area (Å²) in [5.74, 6) is -0.820. The maximum Gasteiger partial charge on any atom is 0.330 e. The third-order valence-electron chi connectivity index (χ3n) is 2.93. The molecule has 8 nitrogen and oxygen atoms in total. The van der Waals surface area contributed by atoms with E-state index in [2.05, 4.69) is 0 Å². The smallest absolute Gasteiger partial charge is 0.330 e. The SMILES string of the molecule is CC(=O)O[C@@H]1[C@H](CO)O[C@@H](n2ccc(=O)[nH]c2=O)[C@@]1(F)Cl. The molecule has 0 saturated carbocycles. The number of hydrogen-bond acceptors (Lipinski definition) is 6. The summed E-state index contributed by atoms with van der Waals surface area (Å²) in [5, 5.41) is 6.38. The molecule has 2 heterocycles. The Morgan fingerprint density at radius 1 is 1.67 bits per heavy atom. The second kappa shape index (κ2) is 5.58. The first-order valence-electron chi connectivity index (χ1n) is 5.90. The number of carbonyl (C=O) groups excluding carboxylic acids is 1. The minimum Gasteiger partial charge on any atom is -0.455 e. The van der Waals surface area contributed by atoms with Crippen molar-refractivity contribution >= 4 is 17.6 Å². The Kier molecular flexibility index (Phi) is 4.17. The van der Waals surface area contributed by atoms with E-state index in [4.69, 9.17) is 21.1 Å². The van der Waals surface area contributed by atoms with E-state index in [1.165, 1.54) is 0 Å². The van der Waals surface area contributed by atoms with Gasteiger partial charge in [0.2, 0.25) is 0 Å². The van der Waals surface area contributed by atoms with Gasteiger partial charge < -0.3 is 14.6 Å². The maximum absolute atomic E-state index is 14.7. The summed E-state index contributed by atoms with van der Waals surface area (Å²) in [5.41, 5.74) is -1.63. The van der Waals surface area contributed by atoms with Crippen molar-refractivity contribution in [1.29, 1.82) is 0 Å². The van der Waals surface area contributed by atoms with Gasteiger partial charge in [-0.15, -0.1) is 0 Å². The topological polar surface area (TPSA) is 111 Å². The second-order valence-corrected chi connectivity index (χ2v) is 5.01. The molecule has 0 aliphatic carbocycles. The van der Waals surface area contributed by atoms with Crippen LogP contribution >= 0.6 is 11.6 Å². The predicted molar refractivity (Wildman–Crippen MR) is 67.6 cm³/mol. The van der Waals surface area contributed by atoms with Gasteiger partial charge in [-0.1, -0.05) is 11.6 Å². The largest absolute Gasteiger partial charge is 0.455 e. The quantitative estimate of drug-likeness (QED) is 0.560. The number of alkyl halides is 2. The van der Waals surface area contributed by atoms with Crippen molar-refractivity contribution in [2.24, 2.45) is 0 Å². The zero-order valence-electron chi connectivity index (χ0n) is 10.8. The summed E-state index contributed by atoms with van der Waals surface area (Å²) in [6.45, 7) is 0.367. The van der Waals surface area contributed by atoms with Crippen LogP contribution in [0.15, 0.2) is 21.9 Å². The summed E-state index contributed by atoms with van der Waals surface area (Å²) in [6.07, 6.45) is -3.54. The number of aromatic amines is 1. The molecule has 1 aliphatic rings. The van der Waals surface area contributed by atoms with E-state index in [0.717, 1.165) is 19.2 Å². The van der Waals surface area contributed by atoms with Gasteiger partial charge in [0.1, 0.15) is 6.10 Å². The fraction of sp³-hybridized carbons (Fsp3) is 0.545. The Morgan fingerprint density at radius 3 is 2.86 bits per heavy atom. The van der Waals surface area contributed by atoms with E-state index in [1.54, 1.807) is 0 Å². The highest BCUT2D eigenvalue weighted by molar-refractivity contribution is 6.23. The van der Waals surface area contributed by atoms with Crippen LogP contribution in [0.2, 0.25) is 0 Å². The number of hydrogen-bond donors (Lipinski definition) is 2. The molecule has 1 aromatic heterocycles. The summed E-state index contributed by atoms with van der Waals surface area (Å²) >= 11 is 5.73. The van der Waals surface area contributed by atoms with E-state index < -0.39 is 47.4 Å². The lowest BCUT2D eigenvalue weighted by molar-refractivity contribution is -0.153. The van der Waals surface area contributed by atoms with E-state index in [0.29, 0.717) is 4.57 Å². The van der Waals surface area contributed by atoms with Crippen LogP contribution < -0.4 is 11.2 Å². The fourth-order valence-corrected chi connectivity index (χ4v) is 2.39. The van der Waals surface area contributed by atoms with Gasteiger partial charge in [0.15, 0.2) is 12.3 Å². The molecule has 0 spiro atoms. The van der Waals surface area contributed by atoms with Crippen LogP contribution in [-0.4, -0.2) is 44.6 Å². The molecular formula is C11H12ClFN2O6. The Morgan fingerprint density at radius 2 is 2.33 bits per heavy atom. The minimum absolute atomic E-state index is 0.676. The molecule has 2 N–H and O–H groups in total. The van der Waals surface area contributed by atoms with Crippen molar-refractivity contribution in [3.63, 3.8) is 0 Å². The molecule has 116 valence electrons. The van der Waals surface area contributed by atoms with Gasteiger partial charge in [0, 0.05) is 19.2 Å². The molecule has 1 aliphatic heterocycles. The van der Waals surface area contributed by atoms with E-state index in [1.807, 2.05) is 4.98 Å². The number of halogens is 2. The van der Waals surface area contributed by atoms with Crippen LogP contribution in [0, 0.1) is 0 Å². The Balaban J connectivity index is 2.43. The van der Waals surface area contributed by atoms with Crippen LogP contribution in [0.3, 0.4) is 0 Å². The molecule has 0 unspecified atom stereocenters. The minimum atomic E-state index is -2.79. The van der Waals surface area contributed by atoms with Crippen LogP contribution in [0.25, 0.3) is 0 Å². The molecule has 10 heteroatoms. The van der Waals surface area contributed by atoms with E-state index in [-0.39, 0.29) is 0 Å². The first-order chi connectivity index (χ1) is 9.77. The van der Waals surface area contributed by atoms with Gasteiger partial charge in [-0.25, -0.2) is 9.18 Å². The lowest BCUT2D eigenvalue weighted by Gasteiger charge is -2.24. The number of aromatic nitrogens is 2. The molecule has 1 aromatic rings. The zero-order valence-corrected chi connectivity index (χ0v) is 11.5. The van der Waals surface area contributed by atoms with E-state index in [9.17, 15) is 23.9 Å². The summed E-state index contributed by atoms with van der Waals surface area (Å²) < 4.78 is 25.3. The van der Waals surface area contributed by atoms with Crippen molar-refractivity contribution < 1.29 is 23.8 Å². The number of H-pyrrole nitrogens is 1. The normalized spacial score (nSPS) is 32.1. The molecule has 1 saturated heterocycles. The van der Waals surface area contributed by atoms with Crippen molar-refractivity contribution in [3.8, 4) is 0 Å². The number of nitrogens with zero attached hydrogens (tertiary/aromatic N) is 1. The van der Waals surface area contributed by atoms with Crippen molar-refractivity contribution in [1.82, 2.24) is 9.55 Å². The Bertz CT molecular complexity index is 657. The van der Waals surface area contributed by atoms with E-state index >= 15 is 0 Å². The van der Waals surface area contributed by atoms with Crippen molar-refractivity contribution in [3.05, 3.63) is 33.1 Å². The Labute approximate surface area is 122 Å². The first kappa shape index (κ1) is 15.7. The van der Waals surface area contributed by atoms with Crippen LogP contribution in [-0.2, 0) is 14.3 Å². The number of rotatable bonds is 3. The fourth-order valence-electron chi connectivity index (χ4n) is 2.05. The molecular weight excluding hydrogens is 311 g/mol. The predicted octanol–water partition coefficient (Wildman–Crippen LogP) is -0.737. The second-order valence-electron chi connectivity index (χ2n) is 4.43. The van der Waals surface area contributed by atoms with Crippen LogP contribution in [0.4, 0.5) is 4.39 Å². The molecule has 1 fully saturated rings. The average Bonchev–Trinajstić information content (AvgIpc) is 2.61. The van der Waals surface area contributed by atoms with Gasteiger partial charge in [-0.3, -0.25) is 19.1 Å². The molecule has 21 heavy (non-hydrogen) atoms. The summed E-state index contributed by atoms with van der Waals surface area (Å²) in [6, 6.07) is 0.977. The molecule has 0 amide bonds. The molecule has 0 bridgehead atoms. The van der Waals surface area contributed by atoms with Gasteiger partial charge in [-0.2, -0.15) is 0 Å². The van der Waals surface area contributed by atoms with Crippen molar-refractivity contribution in [2.75, 3.05) is 6.61 Å². The average molecular weight is 323 g/mol. The van der Waals surface area contributed by atoms with Crippen LogP contribution in [0.1, 0.15) is 13.2 Å². The highest BCUT2D eigenvalue weighted by Gasteiger charge is 2.60. The highest BCUT2D eigenvalue weighted by atomic mass is 35.5. The highest BCUT2D eigenvalue weighted by Crippen LogP contribution is 2.45. The lowest BCUT2D eigenvalue weighted by atomic mass is 10.1. The third-order valence-corrected chi connectivity index (χ3v) is 3.33. The number of ether oxygens (including phenoxy) is 2. The maximum atomic E-state index is 14.7. The number of esters is 1. The summed E-state index contributed by atoms with van der Waals surface area (Å²) in [7, 11) is 0. The zero-order chi connectivity index (χ0) is 15.8. The van der Waals surface area contributed by atoms with Gasteiger partial charge >= 0.3 is 11.7 Å². The van der Waals surface area contributed by atoms with Crippen molar-refractivity contribution in [2.45, 2.75) is 30.5 Å². The lowest BCUT2D eigenvalue weighted by Crippen LogP contribution is -2.44. The van der Waals surface area contributed by atoms with Crippen LogP contribution in [0.5, 0.6) is 0 Å². The number of aliphatic hydroxyl groups is 1. The molecule has 0 radical (unpaired) electrons. The van der Waals surface area contributed by atoms with Gasteiger partial charge in [0.05, 0.1) is 6.61 Å².